The number of halogens is 2. The van der Waals surface area contributed by atoms with E-state index < -0.39 is 15.7 Å². The van der Waals surface area contributed by atoms with E-state index in [0.29, 0.717) is 39.9 Å². The zero-order valence-electron chi connectivity index (χ0n) is 24.1. The second-order valence-electron chi connectivity index (χ2n) is 11.1. The van der Waals surface area contributed by atoms with Crippen molar-refractivity contribution < 1.29 is 17.9 Å². The lowest BCUT2D eigenvalue weighted by Gasteiger charge is -2.34. The van der Waals surface area contributed by atoms with Crippen LogP contribution in [0.5, 0.6) is 0 Å². The van der Waals surface area contributed by atoms with Crippen molar-refractivity contribution in [1.82, 2.24) is 20.1 Å². The fourth-order valence-electron chi connectivity index (χ4n) is 5.42. The average Bonchev–Trinajstić information content (AvgIpc) is 3.41. The van der Waals surface area contributed by atoms with Crippen molar-refractivity contribution in [3.05, 3.63) is 69.7 Å². The average molecular weight is 659 g/mol. The van der Waals surface area contributed by atoms with Gasteiger partial charge in [0.2, 0.25) is 0 Å². The van der Waals surface area contributed by atoms with E-state index in [1.165, 1.54) is 12.1 Å². The second kappa shape index (κ2) is 12.9. The molecule has 11 nitrogen and oxygen atoms in total. The predicted molar refractivity (Wildman–Crippen MR) is 173 cm³/mol. The molecule has 232 valence electrons. The Hall–Kier alpha value is -3.42. The van der Waals surface area contributed by atoms with E-state index in [4.69, 9.17) is 27.9 Å². The molecule has 2 aliphatic rings. The van der Waals surface area contributed by atoms with Crippen LogP contribution in [0.1, 0.15) is 28.8 Å². The smallest absolute Gasteiger partial charge is 0.259 e. The summed E-state index contributed by atoms with van der Waals surface area (Å²) in [4.78, 5) is 22.7. The highest BCUT2D eigenvalue weighted by atomic mass is 35.5. The van der Waals surface area contributed by atoms with E-state index in [-0.39, 0.29) is 28.2 Å². The van der Waals surface area contributed by atoms with Crippen molar-refractivity contribution >= 4 is 67.2 Å². The van der Waals surface area contributed by atoms with E-state index >= 15 is 0 Å². The number of aromatic amines is 1. The van der Waals surface area contributed by atoms with Gasteiger partial charge in [-0.25, -0.2) is 13.4 Å². The van der Waals surface area contributed by atoms with Crippen molar-refractivity contribution in [2.45, 2.75) is 29.7 Å². The van der Waals surface area contributed by atoms with Crippen molar-refractivity contribution in [1.29, 1.82) is 0 Å². The maximum atomic E-state index is 13.7. The Morgan fingerprint density at radius 2 is 1.82 bits per heavy atom. The summed E-state index contributed by atoms with van der Waals surface area (Å²) in [5, 5.41) is 14.0. The highest BCUT2D eigenvalue weighted by Gasteiger charge is 2.24. The number of rotatable bonds is 8. The molecule has 0 aliphatic carbocycles. The summed E-state index contributed by atoms with van der Waals surface area (Å²) in [6.07, 6.45) is 1.68. The van der Waals surface area contributed by atoms with Crippen LogP contribution >= 0.6 is 23.2 Å². The number of likely N-dealkylation sites (N-methyl/N-ethyl adjacent to an activating group) is 1. The zero-order chi connectivity index (χ0) is 30.8. The van der Waals surface area contributed by atoms with Gasteiger partial charge in [-0.05, 0) is 74.0 Å². The molecule has 0 unspecified atom stereocenters. The number of H-pyrrole nitrogens is 1. The van der Waals surface area contributed by atoms with E-state index in [2.05, 4.69) is 42.7 Å². The van der Waals surface area contributed by atoms with Gasteiger partial charge in [0.1, 0.15) is 5.52 Å². The minimum atomic E-state index is -3.90. The van der Waals surface area contributed by atoms with Crippen LogP contribution < -0.4 is 15.5 Å². The summed E-state index contributed by atoms with van der Waals surface area (Å²) in [6.45, 7) is 5.06. The Morgan fingerprint density at radius 1 is 1.05 bits per heavy atom. The lowest BCUT2D eigenvalue weighted by Crippen LogP contribution is -2.44. The third-order valence-electron chi connectivity index (χ3n) is 7.98. The molecular weight excluding hydrogens is 625 g/mol. The fourth-order valence-corrected chi connectivity index (χ4v) is 7.18. The van der Waals surface area contributed by atoms with Gasteiger partial charge in [0.15, 0.2) is 20.7 Å². The molecule has 3 N–H and O–H groups in total. The summed E-state index contributed by atoms with van der Waals surface area (Å²) < 4.78 is 32.1. The molecule has 2 aromatic heterocycles. The summed E-state index contributed by atoms with van der Waals surface area (Å²) in [7, 11) is -1.78. The molecule has 0 atom stereocenters. The molecule has 0 saturated carbocycles. The highest BCUT2D eigenvalue weighted by molar-refractivity contribution is 7.90. The van der Waals surface area contributed by atoms with Crippen molar-refractivity contribution in [2.75, 3.05) is 62.0 Å². The van der Waals surface area contributed by atoms with Crippen LogP contribution in [-0.2, 0) is 20.3 Å². The molecule has 2 saturated heterocycles. The number of hydrogen-bond acceptors (Lipinski definition) is 9. The van der Waals surface area contributed by atoms with Crippen LogP contribution in [0.2, 0.25) is 10.0 Å². The number of hydrogen-bond donors (Lipinski definition) is 3. The molecule has 2 aliphatic heterocycles. The molecule has 4 aromatic rings. The highest BCUT2D eigenvalue weighted by Crippen LogP contribution is 2.30. The van der Waals surface area contributed by atoms with Crippen LogP contribution in [0.4, 0.5) is 17.2 Å². The molecular formula is C30H33Cl2N7O4S. The fraction of sp³-hybridized carbons (Fsp3) is 0.367. The first-order chi connectivity index (χ1) is 21.2. The second-order valence-corrected chi connectivity index (χ2v) is 13.9. The van der Waals surface area contributed by atoms with Gasteiger partial charge in [-0.3, -0.25) is 9.89 Å². The monoisotopic (exact) mass is 657 g/mol. The van der Waals surface area contributed by atoms with Gasteiger partial charge in [0.05, 0.1) is 16.8 Å². The normalized spacial score (nSPS) is 16.8. The Kier molecular flexibility index (Phi) is 8.97. The van der Waals surface area contributed by atoms with Gasteiger partial charge in [0, 0.05) is 66.9 Å². The number of benzene rings is 2. The summed E-state index contributed by atoms with van der Waals surface area (Å²) in [5.41, 5.74) is 3.29. The van der Waals surface area contributed by atoms with E-state index in [1.54, 1.807) is 18.2 Å². The molecule has 14 heteroatoms. The van der Waals surface area contributed by atoms with Crippen LogP contribution in [0.3, 0.4) is 0 Å². The maximum Gasteiger partial charge on any atom is 0.259 e. The van der Waals surface area contributed by atoms with Crippen LogP contribution in [0, 0.1) is 0 Å². The van der Waals surface area contributed by atoms with Crippen LogP contribution in [-0.4, -0.2) is 86.9 Å². The summed E-state index contributed by atoms with van der Waals surface area (Å²) >= 11 is 12.3. The molecule has 0 spiro atoms. The SMILES string of the molecule is CN1CCN(c2ccc(C(=O)Nc3n[nH]c4ccc(S(=O)(=O)Cc5cc(Cl)ccc5Cl)nc34)c(NC3CCOCC3)c2)CC1. The molecule has 6 rings (SSSR count). The number of carbonyl (C=O) groups is 1. The quantitative estimate of drug-likeness (QED) is 0.244. The number of piperazine rings is 1. The van der Waals surface area contributed by atoms with Crippen LogP contribution in [0.15, 0.2) is 53.6 Å². The number of fused-ring (bicyclic) bond motifs is 1. The summed E-state index contributed by atoms with van der Waals surface area (Å²) in [5.74, 6) is -0.646. The summed E-state index contributed by atoms with van der Waals surface area (Å²) in [6, 6.07) is 13.6. The van der Waals surface area contributed by atoms with Crippen LogP contribution in [0.25, 0.3) is 11.0 Å². The number of ether oxygens (including phenoxy) is 1. The zero-order valence-corrected chi connectivity index (χ0v) is 26.5. The molecule has 44 heavy (non-hydrogen) atoms. The van der Waals surface area contributed by atoms with Gasteiger partial charge >= 0.3 is 0 Å². The first-order valence-electron chi connectivity index (χ1n) is 14.4. The lowest BCUT2D eigenvalue weighted by molar-refractivity contribution is 0.0904. The number of anilines is 3. The maximum absolute atomic E-state index is 13.7. The van der Waals surface area contributed by atoms with Gasteiger partial charge in [-0.15, -0.1) is 0 Å². The lowest BCUT2D eigenvalue weighted by atomic mass is 10.1. The third kappa shape index (κ3) is 6.79. The van der Waals surface area contributed by atoms with E-state index in [0.717, 1.165) is 50.4 Å². The largest absolute Gasteiger partial charge is 0.381 e. The number of sulfone groups is 1. The number of carbonyl (C=O) groups excluding carboxylic acids is 1. The number of aromatic nitrogens is 3. The van der Waals surface area contributed by atoms with E-state index in [1.807, 2.05) is 18.2 Å². The number of pyridine rings is 1. The van der Waals surface area contributed by atoms with Gasteiger partial charge in [-0.1, -0.05) is 23.2 Å². The Labute approximate surface area is 265 Å². The van der Waals surface area contributed by atoms with Gasteiger partial charge in [-0.2, -0.15) is 5.10 Å². The molecule has 4 heterocycles. The van der Waals surface area contributed by atoms with Crippen molar-refractivity contribution in [3.63, 3.8) is 0 Å². The standard InChI is InChI=1S/C30H33Cl2N7O4S/c1-38-10-12-39(13-11-38)22-3-4-23(26(17-22)33-21-8-14-43-15-9-21)30(40)35-29-28-25(36-37-29)6-7-27(34-28)44(41,42)18-19-16-20(31)2-5-24(19)32/h2-7,16-17,21,33H,8-15,18H2,1H3,(H2,35,36,37,40). The first-order valence-corrected chi connectivity index (χ1v) is 16.8. The third-order valence-corrected chi connectivity index (χ3v) is 10.1. The number of amides is 1. The minimum Gasteiger partial charge on any atom is -0.381 e. The Morgan fingerprint density at radius 3 is 2.59 bits per heavy atom. The molecule has 0 radical (unpaired) electrons. The molecule has 1 amide bonds. The van der Waals surface area contributed by atoms with Gasteiger partial charge < -0.3 is 25.2 Å². The molecule has 2 aromatic carbocycles. The topological polar surface area (TPSA) is 133 Å². The van der Waals surface area contributed by atoms with Crippen molar-refractivity contribution in [3.8, 4) is 0 Å². The Balaban J connectivity index is 1.27. The van der Waals surface area contributed by atoms with E-state index in [9.17, 15) is 13.2 Å². The van der Waals surface area contributed by atoms with Crippen molar-refractivity contribution in [2.24, 2.45) is 0 Å². The molecule has 2 fully saturated rings. The predicted octanol–water partition coefficient (Wildman–Crippen LogP) is 4.83. The van der Waals surface area contributed by atoms with Gasteiger partial charge in [0.25, 0.3) is 5.91 Å². The molecule has 0 bridgehead atoms. The minimum absolute atomic E-state index is 0.128. The number of nitrogens with one attached hydrogen (secondary N) is 3. The number of nitrogens with zero attached hydrogens (tertiary/aromatic N) is 4. The first kappa shape index (κ1) is 30.6. The Bertz CT molecular complexity index is 1790.